The fourth-order valence-corrected chi connectivity index (χ4v) is 4.46. The molecular weight excluding hydrogens is 469 g/mol. The van der Waals surface area contributed by atoms with Crippen LogP contribution >= 0.6 is 11.8 Å². The van der Waals surface area contributed by atoms with Gasteiger partial charge in [0.25, 0.3) is 5.91 Å². The van der Waals surface area contributed by atoms with Gasteiger partial charge in [0.15, 0.2) is 16.7 Å². The van der Waals surface area contributed by atoms with E-state index in [1.54, 1.807) is 31.2 Å². The van der Waals surface area contributed by atoms with Crippen LogP contribution in [0.3, 0.4) is 0 Å². The van der Waals surface area contributed by atoms with Gasteiger partial charge in [-0.05, 0) is 55.0 Å². The first-order valence-electron chi connectivity index (χ1n) is 10.8. The SMILES string of the molecule is C[C@@H](SC1=N/C(=C/c2ccccc2)C(=O)N1c1ccc(F)cc1)C(=O)Nc1ccc2c(c1)OCO2. The summed E-state index contributed by atoms with van der Waals surface area (Å²) in [6, 6.07) is 20.1. The van der Waals surface area contributed by atoms with Crippen LogP contribution in [0.25, 0.3) is 6.08 Å². The summed E-state index contributed by atoms with van der Waals surface area (Å²) in [4.78, 5) is 32.1. The van der Waals surface area contributed by atoms with Crippen LogP contribution in [0.4, 0.5) is 15.8 Å². The molecule has 0 unspecified atom stereocenters. The predicted molar refractivity (Wildman–Crippen MR) is 134 cm³/mol. The van der Waals surface area contributed by atoms with Crippen LogP contribution in [0.2, 0.25) is 0 Å². The van der Waals surface area contributed by atoms with Gasteiger partial charge in [-0.1, -0.05) is 42.1 Å². The number of fused-ring (bicyclic) bond motifs is 1. The Bertz CT molecular complexity index is 1340. The molecule has 35 heavy (non-hydrogen) atoms. The Kier molecular flexibility index (Phi) is 6.24. The Balaban J connectivity index is 1.38. The van der Waals surface area contributed by atoms with Crippen molar-refractivity contribution in [3.63, 3.8) is 0 Å². The molecule has 3 aromatic carbocycles. The minimum Gasteiger partial charge on any atom is -0.454 e. The van der Waals surface area contributed by atoms with Crippen molar-refractivity contribution in [2.75, 3.05) is 17.0 Å². The molecule has 1 atom stereocenters. The Morgan fingerprint density at radius 3 is 2.60 bits per heavy atom. The Labute approximate surface area is 205 Å². The van der Waals surface area contributed by atoms with E-state index in [-0.39, 0.29) is 24.3 Å². The van der Waals surface area contributed by atoms with Gasteiger partial charge in [-0.3, -0.25) is 14.5 Å². The number of nitrogens with one attached hydrogen (secondary N) is 1. The van der Waals surface area contributed by atoms with Crippen molar-refractivity contribution in [2.45, 2.75) is 12.2 Å². The Hall–Kier alpha value is -4.11. The van der Waals surface area contributed by atoms with Crippen molar-refractivity contribution in [2.24, 2.45) is 4.99 Å². The maximum Gasteiger partial charge on any atom is 0.283 e. The normalized spacial score (nSPS) is 16.4. The van der Waals surface area contributed by atoms with Gasteiger partial charge in [-0.25, -0.2) is 9.38 Å². The number of benzene rings is 3. The van der Waals surface area contributed by atoms with E-state index >= 15 is 0 Å². The number of thioether (sulfide) groups is 1. The first-order valence-corrected chi connectivity index (χ1v) is 11.7. The molecule has 3 aromatic rings. The van der Waals surface area contributed by atoms with Crippen LogP contribution in [0, 0.1) is 5.82 Å². The molecule has 7 nitrogen and oxygen atoms in total. The van der Waals surface area contributed by atoms with Gasteiger partial charge < -0.3 is 14.8 Å². The number of amidine groups is 1. The number of nitrogens with zero attached hydrogens (tertiary/aromatic N) is 2. The van der Waals surface area contributed by atoms with Gasteiger partial charge in [-0.15, -0.1) is 0 Å². The molecule has 2 aliphatic heterocycles. The number of halogens is 1. The Morgan fingerprint density at radius 2 is 1.83 bits per heavy atom. The van der Waals surface area contributed by atoms with E-state index in [1.165, 1.54) is 29.2 Å². The van der Waals surface area contributed by atoms with Crippen molar-refractivity contribution in [1.82, 2.24) is 0 Å². The molecule has 0 saturated carbocycles. The lowest BCUT2D eigenvalue weighted by molar-refractivity contribution is -0.115. The Morgan fingerprint density at radius 1 is 1.09 bits per heavy atom. The molecule has 2 amide bonds. The van der Waals surface area contributed by atoms with Crippen molar-refractivity contribution < 1.29 is 23.5 Å². The number of amides is 2. The van der Waals surface area contributed by atoms with Gasteiger partial charge in [0.1, 0.15) is 11.5 Å². The fraction of sp³-hybridized carbons (Fsp3) is 0.115. The van der Waals surface area contributed by atoms with Crippen molar-refractivity contribution >= 4 is 46.2 Å². The number of hydrogen-bond donors (Lipinski definition) is 1. The van der Waals surface area contributed by atoms with E-state index in [4.69, 9.17) is 9.47 Å². The zero-order valence-electron chi connectivity index (χ0n) is 18.6. The van der Waals surface area contributed by atoms with Gasteiger partial charge in [-0.2, -0.15) is 0 Å². The van der Waals surface area contributed by atoms with Gasteiger partial charge >= 0.3 is 0 Å². The predicted octanol–water partition coefficient (Wildman–Crippen LogP) is 5.06. The molecule has 176 valence electrons. The number of rotatable bonds is 5. The van der Waals surface area contributed by atoms with Gasteiger partial charge in [0.05, 0.1) is 10.9 Å². The highest BCUT2D eigenvalue weighted by molar-refractivity contribution is 8.15. The number of aliphatic imine (C=N–C) groups is 1. The zero-order valence-corrected chi connectivity index (χ0v) is 19.4. The van der Waals surface area contributed by atoms with Crippen LogP contribution in [-0.2, 0) is 9.59 Å². The average Bonchev–Trinajstić information content (AvgIpc) is 3.44. The third kappa shape index (κ3) is 4.90. The number of ether oxygens (including phenoxy) is 2. The monoisotopic (exact) mass is 489 g/mol. The van der Waals surface area contributed by atoms with E-state index < -0.39 is 11.1 Å². The van der Waals surface area contributed by atoms with E-state index in [0.29, 0.717) is 28.0 Å². The molecule has 5 rings (SSSR count). The summed E-state index contributed by atoms with van der Waals surface area (Å²) < 4.78 is 24.2. The van der Waals surface area contributed by atoms with Crippen LogP contribution in [0.5, 0.6) is 11.5 Å². The molecule has 0 radical (unpaired) electrons. The zero-order chi connectivity index (χ0) is 24.4. The maximum absolute atomic E-state index is 13.5. The molecule has 0 saturated heterocycles. The third-order valence-corrected chi connectivity index (χ3v) is 6.36. The van der Waals surface area contributed by atoms with Crippen LogP contribution < -0.4 is 19.7 Å². The summed E-state index contributed by atoms with van der Waals surface area (Å²) in [5.74, 6) is 0.141. The highest BCUT2D eigenvalue weighted by atomic mass is 32.2. The topological polar surface area (TPSA) is 80.2 Å². The molecule has 2 aliphatic rings. The van der Waals surface area contributed by atoms with Gasteiger partial charge in [0, 0.05) is 11.8 Å². The van der Waals surface area contributed by atoms with Crippen molar-refractivity contribution in [3.05, 3.63) is 89.9 Å². The second-order valence-corrected chi connectivity index (χ2v) is 9.08. The summed E-state index contributed by atoms with van der Waals surface area (Å²) in [5.41, 5.74) is 2.07. The lowest BCUT2D eigenvalue weighted by Crippen LogP contribution is -2.33. The molecule has 0 fully saturated rings. The molecule has 0 aromatic heterocycles. The van der Waals surface area contributed by atoms with E-state index in [2.05, 4.69) is 10.3 Å². The van der Waals surface area contributed by atoms with Crippen LogP contribution in [0.1, 0.15) is 12.5 Å². The summed E-state index contributed by atoms with van der Waals surface area (Å²) >= 11 is 1.14. The second kappa shape index (κ2) is 9.63. The molecule has 0 bridgehead atoms. The minimum atomic E-state index is -0.592. The molecule has 0 aliphatic carbocycles. The molecular formula is C26H20FN3O4S. The molecule has 0 spiro atoms. The second-order valence-electron chi connectivity index (χ2n) is 7.77. The summed E-state index contributed by atoms with van der Waals surface area (Å²) in [5, 5.41) is 2.59. The minimum absolute atomic E-state index is 0.144. The summed E-state index contributed by atoms with van der Waals surface area (Å²) in [6.45, 7) is 1.87. The van der Waals surface area contributed by atoms with E-state index in [0.717, 1.165) is 17.3 Å². The van der Waals surface area contributed by atoms with Crippen LogP contribution in [-0.4, -0.2) is 29.0 Å². The first kappa shape index (κ1) is 22.7. The summed E-state index contributed by atoms with van der Waals surface area (Å²) in [6.07, 6.45) is 1.68. The third-order valence-electron chi connectivity index (χ3n) is 5.31. The first-order chi connectivity index (χ1) is 17.0. The quantitative estimate of drug-likeness (QED) is 0.507. The number of hydrogen-bond acceptors (Lipinski definition) is 6. The maximum atomic E-state index is 13.5. The molecule has 2 heterocycles. The van der Waals surface area contributed by atoms with E-state index in [9.17, 15) is 14.0 Å². The van der Waals surface area contributed by atoms with Crippen LogP contribution in [0.15, 0.2) is 83.5 Å². The fourth-order valence-electron chi connectivity index (χ4n) is 3.53. The van der Waals surface area contributed by atoms with Crippen molar-refractivity contribution in [3.8, 4) is 11.5 Å². The molecule has 9 heteroatoms. The highest BCUT2D eigenvalue weighted by Crippen LogP contribution is 2.35. The van der Waals surface area contributed by atoms with Gasteiger partial charge in [0.2, 0.25) is 12.7 Å². The lowest BCUT2D eigenvalue weighted by atomic mass is 10.2. The highest BCUT2D eigenvalue weighted by Gasteiger charge is 2.34. The largest absolute Gasteiger partial charge is 0.454 e. The average molecular weight is 490 g/mol. The number of anilines is 2. The standard InChI is InChI=1S/C26H20FN3O4S/c1-16(24(31)28-19-9-12-22-23(14-19)34-15-33-22)35-26-29-21(13-17-5-3-2-4-6-17)25(32)30(26)20-10-7-18(27)8-11-20/h2-14,16H,15H2,1H3,(H,28,31)/b21-13+/t16-/m1/s1. The molecule has 1 N–H and O–H groups in total. The number of carbonyl (C=O) groups is 2. The lowest BCUT2D eigenvalue weighted by Gasteiger charge is -2.20. The van der Waals surface area contributed by atoms with Crippen molar-refractivity contribution in [1.29, 1.82) is 0 Å². The smallest absolute Gasteiger partial charge is 0.283 e. The summed E-state index contributed by atoms with van der Waals surface area (Å²) in [7, 11) is 0. The van der Waals surface area contributed by atoms with E-state index in [1.807, 2.05) is 30.3 Å². The number of carbonyl (C=O) groups excluding carboxylic acids is 2.